The lowest BCUT2D eigenvalue weighted by Crippen LogP contribution is -2.21. The molecule has 3 nitrogen and oxygen atoms in total. The summed E-state index contributed by atoms with van der Waals surface area (Å²) in [5, 5.41) is 0.906. The third-order valence-corrected chi connectivity index (χ3v) is 3.53. The highest BCUT2D eigenvalue weighted by atomic mass is 32.2. The van der Waals surface area contributed by atoms with Gasteiger partial charge < -0.3 is 4.74 Å². The number of hydrogen-bond donors (Lipinski definition) is 0. The van der Waals surface area contributed by atoms with Crippen LogP contribution >= 0.6 is 11.8 Å². The Bertz CT molecular complexity index is 417. The van der Waals surface area contributed by atoms with Crippen LogP contribution in [0.25, 0.3) is 0 Å². The molecule has 1 aromatic rings. The molecule has 1 aliphatic rings. The summed E-state index contributed by atoms with van der Waals surface area (Å²) >= 11 is 1.54. The molecule has 0 spiro atoms. The highest BCUT2D eigenvalue weighted by molar-refractivity contribution is 8.13. The lowest BCUT2D eigenvalue weighted by molar-refractivity contribution is -0.147. The number of benzene rings is 1. The number of hydrogen-bond acceptors (Lipinski definition) is 4. The molecule has 0 saturated carbocycles. The van der Waals surface area contributed by atoms with Crippen molar-refractivity contribution in [2.75, 3.05) is 12.8 Å². The molecule has 0 bridgehead atoms. The van der Waals surface area contributed by atoms with Crippen molar-refractivity contribution in [3.8, 4) is 0 Å². The van der Waals surface area contributed by atoms with E-state index in [2.05, 4.69) is 4.99 Å². The molecular weight excluding hydrogens is 234 g/mol. The quantitative estimate of drug-likeness (QED) is 0.773. The van der Waals surface area contributed by atoms with Gasteiger partial charge in [-0.25, -0.2) is 0 Å². The van der Waals surface area contributed by atoms with Crippen molar-refractivity contribution in [2.24, 2.45) is 10.9 Å². The Morgan fingerprint density at radius 3 is 2.94 bits per heavy atom. The molecule has 0 aliphatic carbocycles. The third-order valence-electron chi connectivity index (χ3n) is 2.70. The summed E-state index contributed by atoms with van der Waals surface area (Å²) in [5.74, 6) is -0.298. The minimum absolute atomic E-state index is 0.145. The topological polar surface area (TPSA) is 38.7 Å². The zero-order valence-corrected chi connectivity index (χ0v) is 10.6. The Labute approximate surface area is 105 Å². The van der Waals surface area contributed by atoms with E-state index in [4.69, 9.17) is 4.74 Å². The van der Waals surface area contributed by atoms with E-state index >= 15 is 0 Å². The predicted octanol–water partition coefficient (Wildman–Crippen LogP) is 2.51. The van der Waals surface area contributed by atoms with Gasteiger partial charge in [0.2, 0.25) is 0 Å². The third kappa shape index (κ3) is 3.09. The Morgan fingerprint density at radius 1 is 1.47 bits per heavy atom. The van der Waals surface area contributed by atoms with Gasteiger partial charge >= 0.3 is 5.97 Å². The van der Waals surface area contributed by atoms with E-state index in [0.29, 0.717) is 6.61 Å². The molecule has 0 N–H and O–H groups in total. The number of thioether (sulfide) groups is 1. The summed E-state index contributed by atoms with van der Waals surface area (Å²) in [5.41, 5.74) is 1.02. The van der Waals surface area contributed by atoms with Crippen molar-refractivity contribution in [3.63, 3.8) is 0 Å². The standard InChI is InChI=1S/C13H15NO2S/c1-17-12-11(7-8-14-12)13(15)16-9-10-5-3-2-4-6-10/h2-6,11H,7-9H2,1H3. The van der Waals surface area contributed by atoms with E-state index in [9.17, 15) is 4.79 Å². The molecule has 1 atom stereocenters. The van der Waals surface area contributed by atoms with Crippen LogP contribution in [0.4, 0.5) is 0 Å². The van der Waals surface area contributed by atoms with Crippen LogP contribution in [0, 0.1) is 5.92 Å². The maximum Gasteiger partial charge on any atom is 0.315 e. The van der Waals surface area contributed by atoms with E-state index in [0.717, 1.165) is 23.6 Å². The Hall–Kier alpha value is -1.29. The van der Waals surface area contributed by atoms with E-state index in [1.54, 1.807) is 0 Å². The van der Waals surface area contributed by atoms with Crippen molar-refractivity contribution < 1.29 is 9.53 Å². The first-order valence-corrected chi connectivity index (χ1v) is 6.82. The van der Waals surface area contributed by atoms with E-state index in [1.807, 2.05) is 36.6 Å². The molecule has 0 radical (unpaired) electrons. The smallest absolute Gasteiger partial charge is 0.315 e. The number of carbonyl (C=O) groups excluding carboxylic acids is 1. The molecule has 1 unspecified atom stereocenters. The van der Waals surface area contributed by atoms with Crippen LogP contribution in [0.1, 0.15) is 12.0 Å². The van der Waals surface area contributed by atoms with Gasteiger partial charge in [0.1, 0.15) is 12.5 Å². The molecule has 1 heterocycles. The van der Waals surface area contributed by atoms with Crippen molar-refractivity contribution in [3.05, 3.63) is 35.9 Å². The fourth-order valence-electron chi connectivity index (χ4n) is 1.79. The van der Waals surface area contributed by atoms with Crippen molar-refractivity contribution in [1.82, 2.24) is 0 Å². The number of esters is 1. The van der Waals surface area contributed by atoms with Crippen LogP contribution in [-0.4, -0.2) is 23.8 Å². The van der Waals surface area contributed by atoms with Crippen LogP contribution in [0.2, 0.25) is 0 Å². The summed E-state index contributed by atoms with van der Waals surface area (Å²) in [6, 6.07) is 9.72. The number of carbonyl (C=O) groups is 1. The molecule has 4 heteroatoms. The molecule has 1 aliphatic heterocycles. The molecule has 17 heavy (non-hydrogen) atoms. The second-order valence-electron chi connectivity index (χ2n) is 3.86. The molecule has 0 aromatic heterocycles. The number of nitrogens with zero attached hydrogens (tertiary/aromatic N) is 1. The lowest BCUT2D eigenvalue weighted by atomic mass is 10.1. The van der Waals surface area contributed by atoms with Crippen LogP contribution in [0.15, 0.2) is 35.3 Å². The Balaban J connectivity index is 1.88. The fourth-order valence-corrected chi connectivity index (χ4v) is 2.51. The van der Waals surface area contributed by atoms with Crippen LogP contribution in [0.5, 0.6) is 0 Å². The molecule has 1 aromatic carbocycles. The summed E-state index contributed by atoms with van der Waals surface area (Å²) in [4.78, 5) is 16.2. The van der Waals surface area contributed by atoms with E-state index in [-0.39, 0.29) is 11.9 Å². The normalized spacial score (nSPS) is 18.9. The van der Waals surface area contributed by atoms with Gasteiger partial charge in [-0.15, -0.1) is 11.8 Å². The maximum atomic E-state index is 11.9. The predicted molar refractivity (Wildman–Crippen MR) is 70.2 cm³/mol. The second-order valence-corrected chi connectivity index (χ2v) is 4.69. The summed E-state index contributed by atoms with van der Waals surface area (Å²) in [7, 11) is 0. The first kappa shape index (κ1) is 12.2. The fraction of sp³-hybridized carbons (Fsp3) is 0.385. The minimum Gasteiger partial charge on any atom is -0.460 e. The van der Waals surface area contributed by atoms with Gasteiger partial charge in [-0.3, -0.25) is 9.79 Å². The largest absolute Gasteiger partial charge is 0.460 e. The van der Waals surface area contributed by atoms with Gasteiger partial charge in [-0.05, 0) is 18.2 Å². The Kier molecular flexibility index (Phi) is 4.20. The summed E-state index contributed by atoms with van der Waals surface area (Å²) in [6.07, 6.45) is 2.73. The van der Waals surface area contributed by atoms with Gasteiger partial charge in [0, 0.05) is 6.54 Å². The first-order chi connectivity index (χ1) is 8.31. The van der Waals surface area contributed by atoms with Crippen LogP contribution < -0.4 is 0 Å². The van der Waals surface area contributed by atoms with Gasteiger partial charge in [0.15, 0.2) is 0 Å². The highest BCUT2D eigenvalue weighted by Gasteiger charge is 2.28. The minimum atomic E-state index is -0.153. The zero-order chi connectivity index (χ0) is 12.1. The average molecular weight is 249 g/mol. The zero-order valence-electron chi connectivity index (χ0n) is 9.76. The van der Waals surface area contributed by atoms with E-state index in [1.165, 1.54) is 11.8 Å². The molecular formula is C13H15NO2S. The van der Waals surface area contributed by atoms with Crippen LogP contribution in [-0.2, 0) is 16.1 Å². The summed E-state index contributed by atoms with van der Waals surface area (Å²) < 4.78 is 5.31. The monoisotopic (exact) mass is 249 g/mol. The molecule has 0 saturated heterocycles. The van der Waals surface area contributed by atoms with Gasteiger partial charge in [-0.2, -0.15) is 0 Å². The van der Waals surface area contributed by atoms with Gasteiger partial charge in [0.25, 0.3) is 0 Å². The number of aliphatic imine (C=N–C) groups is 1. The van der Waals surface area contributed by atoms with E-state index < -0.39 is 0 Å². The van der Waals surface area contributed by atoms with Crippen molar-refractivity contribution in [2.45, 2.75) is 13.0 Å². The number of rotatable bonds is 3. The van der Waals surface area contributed by atoms with Gasteiger partial charge in [-0.1, -0.05) is 30.3 Å². The average Bonchev–Trinajstić information content (AvgIpc) is 2.85. The Morgan fingerprint density at radius 2 is 2.24 bits per heavy atom. The van der Waals surface area contributed by atoms with Crippen molar-refractivity contribution in [1.29, 1.82) is 0 Å². The first-order valence-electron chi connectivity index (χ1n) is 5.60. The highest BCUT2D eigenvalue weighted by Crippen LogP contribution is 2.22. The lowest BCUT2D eigenvalue weighted by Gasteiger charge is -2.11. The molecule has 90 valence electrons. The maximum absolute atomic E-state index is 11.9. The molecule has 2 rings (SSSR count). The molecule has 0 amide bonds. The number of ether oxygens (including phenoxy) is 1. The van der Waals surface area contributed by atoms with Crippen molar-refractivity contribution >= 4 is 22.8 Å². The second kappa shape index (κ2) is 5.87. The van der Waals surface area contributed by atoms with Gasteiger partial charge in [0.05, 0.1) is 5.04 Å². The SMILES string of the molecule is CSC1=NCCC1C(=O)OCc1ccccc1. The summed E-state index contributed by atoms with van der Waals surface area (Å²) in [6.45, 7) is 1.08. The van der Waals surface area contributed by atoms with Crippen LogP contribution in [0.3, 0.4) is 0 Å². The molecule has 0 fully saturated rings.